The molecular formula is C28H19F6NO2S. The maximum Gasteiger partial charge on any atom is 0.416 e. The van der Waals surface area contributed by atoms with Gasteiger partial charge in [-0.1, -0.05) is 48.5 Å². The average molecular weight is 548 g/mol. The first-order valence-corrected chi connectivity index (χ1v) is 12.9. The number of rotatable bonds is 4. The third kappa shape index (κ3) is 4.76. The minimum atomic E-state index is -4.51. The third-order valence-corrected chi connectivity index (χ3v) is 8.33. The summed E-state index contributed by atoms with van der Waals surface area (Å²) in [4.78, 5) is -0.0422. The van der Waals surface area contributed by atoms with E-state index in [1.54, 1.807) is 36.4 Å². The summed E-state index contributed by atoms with van der Waals surface area (Å²) < 4.78 is 106. The summed E-state index contributed by atoms with van der Waals surface area (Å²) in [6.45, 7) is 0.148. The number of sulfonamides is 1. The van der Waals surface area contributed by atoms with Gasteiger partial charge in [0.25, 0.3) is 10.0 Å². The second-order valence-electron chi connectivity index (χ2n) is 8.82. The molecule has 0 aromatic heterocycles. The monoisotopic (exact) mass is 547 g/mol. The van der Waals surface area contributed by atoms with Gasteiger partial charge in [0.2, 0.25) is 0 Å². The maximum absolute atomic E-state index is 13.7. The largest absolute Gasteiger partial charge is 0.416 e. The van der Waals surface area contributed by atoms with Crippen molar-refractivity contribution in [3.8, 4) is 22.3 Å². The van der Waals surface area contributed by atoms with E-state index < -0.39 is 33.5 Å². The average Bonchev–Trinajstić information content (AvgIpc) is 3.32. The van der Waals surface area contributed by atoms with Crippen LogP contribution in [-0.2, 0) is 28.8 Å². The second-order valence-corrected chi connectivity index (χ2v) is 10.6. The van der Waals surface area contributed by atoms with Gasteiger partial charge < -0.3 is 0 Å². The lowest BCUT2D eigenvalue weighted by molar-refractivity contribution is -0.138. The molecule has 0 bridgehead atoms. The van der Waals surface area contributed by atoms with Crippen molar-refractivity contribution in [1.82, 2.24) is 0 Å². The highest BCUT2D eigenvalue weighted by Gasteiger charge is 2.34. The van der Waals surface area contributed by atoms with Crippen molar-refractivity contribution >= 4 is 15.7 Å². The summed E-state index contributed by atoms with van der Waals surface area (Å²) in [7, 11) is -4.08. The van der Waals surface area contributed by atoms with Crippen molar-refractivity contribution < 1.29 is 34.8 Å². The van der Waals surface area contributed by atoms with E-state index in [1.165, 1.54) is 34.6 Å². The van der Waals surface area contributed by atoms with Gasteiger partial charge in [-0.05, 0) is 71.1 Å². The Balaban J connectivity index is 1.47. The molecule has 0 amide bonds. The number of nitrogens with zero attached hydrogens (tertiary/aromatic N) is 1. The molecule has 1 aliphatic rings. The van der Waals surface area contributed by atoms with Crippen LogP contribution in [0.1, 0.15) is 16.7 Å². The zero-order valence-corrected chi connectivity index (χ0v) is 20.3. The number of hydrogen-bond donors (Lipinski definition) is 0. The van der Waals surface area contributed by atoms with Crippen LogP contribution in [0.3, 0.4) is 0 Å². The summed E-state index contributed by atoms with van der Waals surface area (Å²) in [5.74, 6) is 0. The molecule has 0 aliphatic carbocycles. The number of hydrogen-bond acceptors (Lipinski definition) is 2. The van der Waals surface area contributed by atoms with Crippen LogP contribution in [0.2, 0.25) is 0 Å². The summed E-state index contributed by atoms with van der Waals surface area (Å²) in [6.07, 6.45) is -8.56. The van der Waals surface area contributed by atoms with Gasteiger partial charge in [0.05, 0.1) is 21.7 Å². The van der Waals surface area contributed by atoms with Gasteiger partial charge in [-0.15, -0.1) is 0 Å². The molecule has 4 aromatic rings. The molecule has 0 unspecified atom stereocenters. The fourth-order valence-corrected chi connectivity index (χ4v) is 6.26. The maximum atomic E-state index is 13.7. The Labute approximate surface area is 215 Å². The molecule has 4 aromatic carbocycles. The van der Waals surface area contributed by atoms with E-state index in [0.717, 1.165) is 29.8 Å². The Morgan fingerprint density at radius 1 is 0.632 bits per heavy atom. The van der Waals surface area contributed by atoms with E-state index in [0.29, 0.717) is 28.8 Å². The first-order chi connectivity index (χ1) is 17.9. The van der Waals surface area contributed by atoms with Gasteiger partial charge >= 0.3 is 12.4 Å². The lowest BCUT2D eigenvalue weighted by atomic mass is 10.0. The lowest BCUT2D eigenvalue weighted by Crippen LogP contribution is -2.29. The summed E-state index contributed by atoms with van der Waals surface area (Å²) in [5.41, 5.74) is 1.40. The molecule has 0 saturated heterocycles. The van der Waals surface area contributed by atoms with Crippen molar-refractivity contribution in [3.05, 3.63) is 108 Å². The molecule has 10 heteroatoms. The molecule has 1 heterocycles. The SMILES string of the molecule is O=S(=O)(c1ccccc1-c1ccc(C(F)(F)F)cc1)N1CCc2cc(-c3ccc(C(F)(F)F)cc3)ccc21. The highest BCUT2D eigenvalue weighted by molar-refractivity contribution is 7.93. The molecule has 0 radical (unpaired) electrons. The number of anilines is 1. The number of halogens is 6. The Hall–Kier alpha value is -3.79. The van der Waals surface area contributed by atoms with Crippen molar-refractivity contribution in [2.45, 2.75) is 23.7 Å². The lowest BCUT2D eigenvalue weighted by Gasteiger charge is -2.22. The summed E-state index contributed by atoms with van der Waals surface area (Å²) >= 11 is 0. The van der Waals surface area contributed by atoms with E-state index in [1.807, 2.05) is 0 Å². The van der Waals surface area contributed by atoms with E-state index >= 15 is 0 Å². The highest BCUT2D eigenvalue weighted by Crippen LogP contribution is 2.39. The minimum Gasteiger partial charge on any atom is -0.266 e. The van der Waals surface area contributed by atoms with Crippen LogP contribution in [0, 0.1) is 0 Å². The number of fused-ring (bicyclic) bond motifs is 1. The zero-order chi connectivity index (χ0) is 27.3. The van der Waals surface area contributed by atoms with Crippen molar-refractivity contribution in [1.29, 1.82) is 0 Å². The summed E-state index contributed by atoms with van der Waals surface area (Å²) in [6, 6.07) is 20.2. The van der Waals surface area contributed by atoms with Crippen LogP contribution in [0.4, 0.5) is 32.0 Å². The van der Waals surface area contributed by atoms with Gasteiger partial charge in [0.15, 0.2) is 0 Å². The fourth-order valence-electron chi connectivity index (χ4n) is 4.54. The number of alkyl halides is 6. The normalized spacial score (nSPS) is 14.0. The quantitative estimate of drug-likeness (QED) is 0.245. The molecule has 196 valence electrons. The fraction of sp³-hybridized carbons (Fsp3) is 0.143. The molecule has 0 atom stereocenters. The van der Waals surface area contributed by atoms with E-state index in [9.17, 15) is 34.8 Å². The predicted molar refractivity (Wildman–Crippen MR) is 132 cm³/mol. The Kier molecular flexibility index (Phi) is 6.25. The first kappa shape index (κ1) is 25.8. The standard InChI is InChI=1S/C28H19F6NO2S/c29-27(30,31)22-10-5-18(6-11-22)20-9-14-25-21(17-20)15-16-35(25)38(36,37)26-4-2-1-3-24(26)19-7-12-23(13-8-19)28(32,33)34/h1-14,17H,15-16H2. The minimum absolute atomic E-state index is 0.0422. The van der Waals surface area contributed by atoms with E-state index in [4.69, 9.17) is 0 Å². The molecule has 1 aliphatic heterocycles. The van der Waals surface area contributed by atoms with Crippen LogP contribution in [0.5, 0.6) is 0 Å². The predicted octanol–water partition coefficient (Wildman–Crippen LogP) is 7.81. The van der Waals surface area contributed by atoms with Gasteiger partial charge in [0, 0.05) is 12.1 Å². The van der Waals surface area contributed by atoms with Gasteiger partial charge in [0.1, 0.15) is 0 Å². The molecule has 38 heavy (non-hydrogen) atoms. The van der Waals surface area contributed by atoms with Crippen molar-refractivity contribution in [2.75, 3.05) is 10.8 Å². The highest BCUT2D eigenvalue weighted by atomic mass is 32.2. The number of benzene rings is 4. The molecule has 0 saturated carbocycles. The van der Waals surface area contributed by atoms with Crippen LogP contribution in [0.15, 0.2) is 95.9 Å². The summed E-state index contributed by atoms with van der Waals surface area (Å²) in [5, 5.41) is 0. The smallest absolute Gasteiger partial charge is 0.266 e. The second kappa shape index (κ2) is 9.20. The van der Waals surface area contributed by atoms with Gasteiger partial charge in [-0.3, -0.25) is 4.31 Å². The topological polar surface area (TPSA) is 37.4 Å². The van der Waals surface area contributed by atoms with Gasteiger partial charge in [-0.2, -0.15) is 26.3 Å². The molecular weight excluding hydrogens is 528 g/mol. The van der Waals surface area contributed by atoms with E-state index in [2.05, 4.69) is 0 Å². The van der Waals surface area contributed by atoms with Crippen LogP contribution in [-0.4, -0.2) is 15.0 Å². The molecule has 3 nitrogen and oxygen atoms in total. The van der Waals surface area contributed by atoms with Crippen molar-refractivity contribution in [3.63, 3.8) is 0 Å². The third-order valence-electron chi connectivity index (χ3n) is 6.46. The molecule has 5 rings (SSSR count). The molecule has 0 spiro atoms. The van der Waals surface area contributed by atoms with E-state index in [-0.39, 0.29) is 17.0 Å². The Morgan fingerprint density at radius 2 is 1.16 bits per heavy atom. The Bertz CT molecular complexity index is 1590. The van der Waals surface area contributed by atoms with Crippen LogP contribution < -0.4 is 4.31 Å². The van der Waals surface area contributed by atoms with Crippen molar-refractivity contribution in [2.24, 2.45) is 0 Å². The molecule has 0 fully saturated rings. The molecule has 0 N–H and O–H groups in total. The Morgan fingerprint density at radius 3 is 1.74 bits per heavy atom. The van der Waals surface area contributed by atoms with Gasteiger partial charge in [-0.25, -0.2) is 8.42 Å². The zero-order valence-electron chi connectivity index (χ0n) is 19.5. The van der Waals surface area contributed by atoms with Crippen LogP contribution >= 0.6 is 0 Å². The van der Waals surface area contributed by atoms with Crippen LogP contribution in [0.25, 0.3) is 22.3 Å². The first-order valence-electron chi connectivity index (χ1n) is 11.5.